The molecule has 0 bridgehead atoms. The second-order valence-electron chi connectivity index (χ2n) is 5.00. The zero-order valence-corrected chi connectivity index (χ0v) is 13.7. The number of thiophene rings is 1. The molecule has 0 aromatic carbocycles. The molecule has 2 amide bonds. The third kappa shape index (κ3) is 3.71. The molecule has 1 saturated heterocycles. The van der Waals surface area contributed by atoms with Gasteiger partial charge in [-0.3, -0.25) is 4.90 Å². The number of carbonyl (C=O) groups excluding carboxylic acids is 1. The number of aliphatic carboxylic acids is 1. The fourth-order valence-corrected chi connectivity index (χ4v) is 4.41. The molecule has 2 rings (SSSR count). The molecule has 1 fully saturated rings. The number of hydrogen-bond acceptors (Lipinski definition) is 4. The van der Waals surface area contributed by atoms with Gasteiger partial charge in [0, 0.05) is 10.6 Å². The summed E-state index contributed by atoms with van der Waals surface area (Å²) >= 11 is 3.10. The maximum absolute atomic E-state index is 12.5. The minimum atomic E-state index is -0.940. The summed E-state index contributed by atoms with van der Waals surface area (Å²) in [5.74, 6) is -0.494. The second-order valence-corrected chi connectivity index (χ2v) is 7.33. The Kier molecular flexibility index (Phi) is 5.52. The first kappa shape index (κ1) is 16.2. The highest BCUT2D eigenvalue weighted by Gasteiger charge is 2.40. The number of urea groups is 1. The molecule has 7 heteroatoms. The predicted molar refractivity (Wildman–Crippen MR) is 85.7 cm³/mol. The lowest BCUT2D eigenvalue weighted by atomic mass is 10.1. The van der Waals surface area contributed by atoms with Gasteiger partial charge in [-0.2, -0.15) is 0 Å². The van der Waals surface area contributed by atoms with E-state index < -0.39 is 12.0 Å². The van der Waals surface area contributed by atoms with Crippen LogP contribution >= 0.6 is 23.1 Å². The molecule has 0 saturated carbocycles. The molecule has 21 heavy (non-hydrogen) atoms. The Bertz CT molecular complexity index is 492. The molecule has 5 nitrogen and oxygen atoms in total. The van der Waals surface area contributed by atoms with E-state index in [0.717, 1.165) is 17.7 Å². The zero-order valence-electron chi connectivity index (χ0n) is 12.1. The van der Waals surface area contributed by atoms with Crippen LogP contribution in [0.15, 0.2) is 17.5 Å². The molecule has 1 aliphatic heterocycles. The summed E-state index contributed by atoms with van der Waals surface area (Å²) in [5, 5.41) is 14.1. The highest BCUT2D eigenvalue weighted by Crippen LogP contribution is 2.30. The monoisotopic (exact) mass is 328 g/mol. The molecular formula is C14H20N2O3S2. The second kappa shape index (κ2) is 7.17. The number of carboxylic acids is 1. The van der Waals surface area contributed by atoms with Crippen molar-refractivity contribution in [3.8, 4) is 0 Å². The van der Waals surface area contributed by atoms with Gasteiger partial charge in [-0.05, 0) is 24.8 Å². The number of rotatable bonds is 5. The number of nitrogens with one attached hydrogen (secondary N) is 1. The maximum atomic E-state index is 12.5. The summed E-state index contributed by atoms with van der Waals surface area (Å²) in [6, 6.07) is 2.89. The molecule has 0 spiro atoms. The van der Waals surface area contributed by atoms with E-state index in [1.807, 2.05) is 24.4 Å². The van der Waals surface area contributed by atoms with Gasteiger partial charge in [0.25, 0.3) is 0 Å². The third-order valence-electron chi connectivity index (χ3n) is 3.50. The van der Waals surface area contributed by atoms with Crippen molar-refractivity contribution in [2.75, 3.05) is 5.75 Å². The average molecular weight is 328 g/mol. The average Bonchev–Trinajstić information content (AvgIpc) is 3.06. The molecule has 2 heterocycles. The van der Waals surface area contributed by atoms with Gasteiger partial charge in [-0.1, -0.05) is 19.4 Å². The van der Waals surface area contributed by atoms with Crippen LogP contribution < -0.4 is 5.32 Å². The van der Waals surface area contributed by atoms with Gasteiger partial charge in [0.1, 0.15) is 6.04 Å². The zero-order chi connectivity index (χ0) is 15.4. The lowest BCUT2D eigenvalue weighted by Gasteiger charge is -2.28. The number of carbonyl (C=O) groups is 2. The predicted octanol–water partition coefficient (Wildman–Crippen LogP) is 3.15. The largest absolute Gasteiger partial charge is 0.480 e. The van der Waals surface area contributed by atoms with E-state index in [9.17, 15) is 14.7 Å². The molecule has 0 radical (unpaired) electrons. The van der Waals surface area contributed by atoms with Gasteiger partial charge >= 0.3 is 12.0 Å². The fourth-order valence-electron chi connectivity index (χ4n) is 2.43. The van der Waals surface area contributed by atoms with Gasteiger partial charge in [-0.15, -0.1) is 23.1 Å². The van der Waals surface area contributed by atoms with E-state index in [1.165, 1.54) is 16.7 Å². The van der Waals surface area contributed by atoms with Crippen LogP contribution in [0.3, 0.4) is 0 Å². The van der Waals surface area contributed by atoms with Gasteiger partial charge in [0.2, 0.25) is 0 Å². The summed E-state index contributed by atoms with van der Waals surface area (Å²) in [6.45, 7) is 3.94. The van der Waals surface area contributed by atoms with Gasteiger partial charge in [0.05, 0.1) is 11.4 Å². The van der Waals surface area contributed by atoms with Crippen molar-refractivity contribution in [1.82, 2.24) is 10.2 Å². The van der Waals surface area contributed by atoms with Crippen LogP contribution in [0.1, 0.15) is 37.6 Å². The number of amides is 2. The Morgan fingerprint density at radius 2 is 2.33 bits per heavy atom. The van der Waals surface area contributed by atoms with Crippen LogP contribution in [0, 0.1) is 0 Å². The molecule has 0 aliphatic carbocycles. The van der Waals surface area contributed by atoms with Crippen molar-refractivity contribution in [2.45, 2.75) is 44.1 Å². The smallest absolute Gasteiger partial charge is 0.327 e. The Hall–Kier alpha value is -1.21. The van der Waals surface area contributed by atoms with Crippen LogP contribution in [0.4, 0.5) is 4.79 Å². The topological polar surface area (TPSA) is 69.6 Å². The summed E-state index contributed by atoms with van der Waals surface area (Å²) in [6.07, 6.45) is 1.80. The van der Waals surface area contributed by atoms with Gasteiger partial charge in [-0.25, -0.2) is 9.59 Å². The van der Waals surface area contributed by atoms with Crippen molar-refractivity contribution in [2.24, 2.45) is 0 Å². The van der Waals surface area contributed by atoms with E-state index in [0.29, 0.717) is 5.75 Å². The molecule has 1 aliphatic rings. The fraction of sp³-hybridized carbons (Fsp3) is 0.571. The number of carboxylic acid groups (broad SMARTS) is 1. The normalized spacial score (nSPS) is 23.0. The maximum Gasteiger partial charge on any atom is 0.327 e. The van der Waals surface area contributed by atoms with Gasteiger partial charge < -0.3 is 10.4 Å². The van der Waals surface area contributed by atoms with Gasteiger partial charge in [0.15, 0.2) is 0 Å². The number of hydrogen-bond donors (Lipinski definition) is 2. The summed E-state index contributed by atoms with van der Waals surface area (Å²) in [4.78, 5) is 26.3. The van der Waals surface area contributed by atoms with Crippen molar-refractivity contribution in [3.63, 3.8) is 0 Å². The molecular weight excluding hydrogens is 308 g/mol. The highest BCUT2D eigenvalue weighted by molar-refractivity contribution is 8.00. The Morgan fingerprint density at radius 1 is 1.57 bits per heavy atom. The third-order valence-corrected chi connectivity index (χ3v) is 5.71. The van der Waals surface area contributed by atoms with Crippen molar-refractivity contribution in [3.05, 3.63) is 22.4 Å². The first-order valence-electron chi connectivity index (χ1n) is 7.01. The van der Waals surface area contributed by atoms with Crippen LogP contribution in [-0.4, -0.2) is 39.2 Å². The number of nitrogens with zero attached hydrogens (tertiary/aromatic N) is 1. The number of thioether (sulfide) groups is 1. The summed E-state index contributed by atoms with van der Waals surface area (Å²) in [7, 11) is 0. The summed E-state index contributed by atoms with van der Waals surface area (Å²) in [5.41, 5.74) is 0. The van der Waals surface area contributed by atoms with Crippen LogP contribution in [0.2, 0.25) is 0 Å². The van der Waals surface area contributed by atoms with E-state index in [-0.39, 0.29) is 17.4 Å². The Balaban J connectivity index is 2.09. The lowest BCUT2D eigenvalue weighted by molar-refractivity contribution is -0.141. The highest BCUT2D eigenvalue weighted by atomic mass is 32.2. The van der Waals surface area contributed by atoms with Crippen LogP contribution in [0.5, 0.6) is 0 Å². The lowest BCUT2D eigenvalue weighted by Crippen LogP contribution is -2.50. The van der Waals surface area contributed by atoms with E-state index in [4.69, 9.17) is 0 Å². The Labute approximate surface area is 132 Å². The van der Waals surface area contributed by atoms with Crippen molar-refractivity contribution in [1.29, 1.82) is 0 Å². The van der Waals surface area contributed by atoms with E-state index in [2.05, 4.69) is 12.2 Å². The summed E-state index contributed by atoms with van der Waals surface area (Å²) < 4.78 is 0. The molecule has 116 valence electrons. The quantitative estimate of drug-likeness (QED) is 0.871. The van der Waals surface area contributed by atoms with Crippen LogP contribution in [-0.2, 0) is 4.79 Å². The van der Waals surface area contributed by atoms with Crippen LogP contribution in [0.25, 0.3) is 0 Å². The molecule has 2 N–H and O–H groups in total. The van der Waals surface area contributed by atoms with E-state index in [1.54, 1.807) is 11.3 Å². The van der Waals surface area contributed by atoms with Crippen molar-refractivity contribution >= 4 is 35.1 Å². The minimum absolute atomic E-state index is 0.0465. The molecule has 3 unspecified atom stereocenters. The first-order valence-corrected chi connectivity index (χ1v) is 8.94. The SMILES string of the molecule is CCCC(NC(=O)N1C(C)SCC1C(=O)O)c1cccs1. The first-order chi connectivity index (χ1) is 10.0. The molecule has 1 aromatic rings. The Morgan fingerprint density at radius 3 is 2.90 bits per heavy atom. The molecule has 1 aromatic heterocycles. The van der Waals surface area contributed by atoms with E-state index >= 15 is 0 Å². The molecule has 3 atom stereocenters. The van der Waals surface area contributed by atoms with Crippen molar-refractivity contribution < 1.29 is 14.7 Å². The minimum Gasteiger partial charge on any atom is -0.480 e. The standard InChI is InChI=1S/C14H20N2O3S2/c1-3-5-10(12-6-4-7-20-12)15-14(19)16-9(2)21-8-11(16)13(17)18/h4,6-7,9-11H,3,5,8H2,1-2H3,(H,15,19)(H,17,18).